The van der Waals surface area contributed by atoms with Gasteiger partial charge in [-0.05, 0) is 68.4 Å². The predicted molar refractivity (Wildman–Crippen MR) is 138 cm³/mol. The van der Waals surface area contributed by atoms with Gasteiger partial charge in [-0.1, -0.05) is 24.3 Å². The number of ether oxygens (including phenoxy) is 1. The van der Waals surface area contributed by atoms with Crippen LogP contribution >= 0.6 is 0 Å². The molecular weight excluding hydrogens is 456 g/mol. The SMILES string of the molecule is O=C(CCn1c(=O)[nH]c2ccccc21)N1CCCOc2cccc(c2)CCC2CCCCN2C(=O)C1. The van der Waals surface area contributed by atoms with Crippen LogP contribution in [0, 0.1) is 0 Å². The number of rotatable bonds is 3. The van der Waals surface area contributed by atoms with E-state index < -0.39 is 0 Å². The maximum atomic E-state index is 13.4. The molecule has 1 N–H and O–H groups in total. The average molecular weight is 491 g/mol. The monoisotopic (exact) mass is 490 g/mol. The number of nitrogens with one attached hydrogen (secondary N) is 1. The Kier molecular flexibility index (Phi) is 7.39. The zero-order valence-corrected chi connectivity index (χ0v) is 20.7. The van der Waals surface area contributed by atoms with Crippen LogP contribution in [-0.2, 0) is 22.6 Å². The first-order chi connectivity index (χ1) is 17.6. The third kappa shape index (κ3) is 5.48. The molecule has 2 aliphatic heterocycles. The van der Waals surface area contributed by atoms with Gasteiger partial charge in [0.15, 0.2) is 0 Å². The molecule has 36 heavy (non-hydrogen) atoms. The number of amides is 2. The van der Waals surface area contributed by atoms with E-state index in [1.54, 1.807) is 9.47 Å². The summed E-state index contributed by atoms with van der Waals surface area (Å²) in [6.07, 6.45) is 5.71. The number of aromatic nitrogens is 2. The fourth-order valence-corrected chi connectivity index (χ4v) is 5.44. The van der Waals surface area contributed by atoms with Crippen molar-refractivity contribution < 1.29 is 14.3 Å². The molecule has 3 heterocycles. The van der Waals surface area contributed by atoms with E-state index in [1.165, 1.54) is 5.56 Å². The summed E-state index contributed by atoms with van der Waals surface area (Å²) >= 11 is 0. The molecular formula is C28H34N4O4. The molecule has 0 radical (unpaired) electrons. The normalized spacial score (nSPS) is 19.4. The summed E-state index contributed by atoms with van der Waals surface area (Å²) in [5.41, 5.74) is 2.53. The predicted octanol–water partition coefficient (Wildman–Crippen LogP) is 3.34. The van der Waals surface area contributed by atoms with Crippen LogP contribution in [0.5, 0.6) is 5.75 Å². The maximum Gasteiger partial charge on any atom is 0.326 e. The van der Waals surface area contributed by atoms with Crippen molar-refractivity contribution in [2.75, 3.05) is 26.2 Å². The first kappa shape index (κ1) is 24.2. The highest BCUT2D eigenvalue weighted by molar-refractivity contribution is 5.85. The van der Waals surface area contributed by atoms with Crippen molar-refractivity contribution in [2.24, 2.45) is 0 Å². The molecule has 1 fully saturated rings. The van der Waals surface area contributed by atoms with Crippen LogP contribution in [0.4, 0.5) is 0 Å². The van der Waals surface area contributed by atoms with Gasteiger partial charge in [-0.25, -0.2) is 4.79 Å². The number of fused-ring (bicyclic) bond motifs is 4. The molecule has 1 aromatic heterocycles. The number of para-hydroxylation sites is 2. The van der Waals surface area contributed by atoms with Crippen molar-refractivity contribution >= 4 is 22.8 Å². The smallest absolute Gasteiger partial charge is 0.326 e. The largest absolute Gasteiger partial charge is 0.494 e. The Balaban J connectivity index is 1.32. The summed E-state index contributed by atoms with van der Waals surface area (Å²) in [6.45, 7) is 1.99. The van der Waals surface area contributed by atoms with Gasteiger partial charge in [0.2, 0.25) is 11.8 Å². The van der Waals surface area contributed by atoms with Gasteiger partial charge in [0.25, 0.3) is 0 Å². The Morgan fingerprint density at radius 1 is 1.00 bits per heavy atom. The zero-order chi connectivity index (χ0) is 24.9. The highest BCUT2D eigenvalue weighted by Crippen LogP contribution is 2.24. The van der Waals surface area contributed by atoms with E-state index in [4.69, 9.17) is 4.74 Å². The van der Waals surface area contributed by atoms with Crippen molar-refractivity contribution in [1.82, 2.24) is 19.4 Å². The van der Waals surface area contributed by atoms with Crippen LogP contribution in [0.3, 0.4) is 0 Å². The molecule has 2 aliphatic rings. The van der Waals surface area contributed by atoms with Crippen LogP contribution in [-0.4, -0.2) is 63.4 Å². The third-order valence-electron chi connectivity index (χ3n) is 7.36. The Morgan fingerprint density at radius 2 is 1.89 bits per heavy atom. The minimum Gasteiger partial charge on any atom is -0.494 e. The van der Waals surface area contributed by atoms with E-state index in [9.17, 15) is 14.4 Å². The van der Waals surface area contributed by atoms with Crippen LogP contribution in [0.1, 0.15) is 44.1 Å². The van der Waals surface area contributed by atoms with Crippen molar-refractivity contribution in [2.45, 2.75) is 57.5 Å². The molecule has 1 atom stereocenters. The lowest BCUT2D eigenvalue weighted by Gasteiger charge is -2.37. The zero-order valence-electron chi connectivity index (χ0n) is 20.7. The second kappa shape index (κ2) is 11.0. The number of hydrogen-bond acceptors (Lipinski definition) is 4. The van der Waals surface area contributed by atoms with Gasteiger partial charge in [-0.15, -0.1) is 0 Å². The molecule has 2 amide bonds. The fourth-order valence-electron chi connectivity index (χ4n) is 5.44. The molecule has 1 saturated heterocycles. The number of carbonyl (C=O) groups excluding carboxylic acids is 2. The second-order valence-corrected chi connectivity index (χ2v) is 9.79. The van der Waals surface area contributed by atoms with Crippen LogP contribution in [0.2, 0.25) is 0 Å². The summed E-state index contributed by atoms with van der Waals surface area (Å²) in [4.78, 5) is 45.6. The van der Waals surface area contributed by atoms with Gasteiger partial charge in [0.05, 0.1) is 24.2 Å². The molecule has 5 rings (SSSR count). The molecule has 8 nitrogen and oxygen atoms in total. The Morgan fingerprint density at radius 3 is 2.81 bits per heavy atom. The molecule has 3 aromatic rings. The van der Waals surface area contributed by atoms with Crippen molar-refractivity contribution in [1.29, 1.82) is 0 Å². The summed E-state index contributed by atoms with van der Waals surface area (Å²) in [6, 6.07) is 15.8. The van der Waals surface area contributed by atoms with Gasteiger partial charge >= 0.3 is 5.69 Å². The first-order valence-corrected chi connectivity index (χ1v) is 13.0. The minimum atomic E-state index is -0.229. The quantitative estimate of drug-likeness (QED) is 0.610. The third-order valence-corrected chi connectivity index (χ3v) is 7.36. The molecule has 8 heteroatoms. The molecule has 1 unspecified atom stereocenters. The number of aryl methyl sites for hydroxylation is 2. The summed E-state index contributed by atoms with van der Waals surface area (Å²) < 4.78 is 7.55. The number of H-pyrrole nitrogens is 1. The lowest BCUT2D eigenvalue weighted by molar-refractivity contribution is -0.143. The molecule has 2 bridgehead atoms. The highest BCUT2D eigenvalue weighted by atomic mass is 16.5. The molecule has 0 spiro atoms. The van der Waals surface area contributed by atoms with E-state index in [0.29, 0.717) is 19.6 Å². The standard InChI is InChI=1S/C28H34N4O4/c33-26(14-17-32-25-11-2-1-10-24(25)29-28(32)35)30-15-6-18-36-23-9-5-7-21(19-23)12-13-22-8-3-4-16-31(22)27(34)20-30/h1-2,5,7,9-11,19,22H,3-4,6,8,12-18,20H2,(H,29,35). The molecule has 0 aliphatic carbocycles. The Labute approximate surface area is 210 Å². The summed E-state index contributed by atoms with van der Waals surface area (Å²) in [5, 5.41) is 0. The minimum absolute atomic E-state index is 0.0176. The number of piperidine rings is 1. The molecule has 0 saturated carbocycles. The number of carbonyl (C=O) groups is 2. The second-order valence-electron chi connectivity index (χ2n) is 9.79. The van der Waals surface area contributed by atoms with Crippen molar-refractivity contribution in [3.8, 4) is 5.75 Å². The van der Waals surface area contributed by atoms with Gasteiger partial charge in [-0.2, -0.15) is 0 Å². The summed E-state index contributed by atoms with van der Waals surface area (Å²) in [5.74, 6) is 0.741. The van der Waals surface area contributed by atoms with Crippen LogP contribution in [0.15, 0.2) is 53.3 Å². The van der Waals surface area contributed by atoms with E-state index in [0.717, 1.165) is 55.4 Å². The summed E-state index contributed by atoms with van der Waals surface area (Å²) in [7, 11) is 0. The van der Waals surface area contributed by atoms with Crippen molar-refractivity contribution in [3.05, 3.63) is 64.6 Å². The van der Waals surface area contributed by atoms with E-state index >= 15 is 0 Å². The molecule has 2 aromatic carbocycles. The first-order valence-electron chi connectivity index (χ1n) is 13.0. The molecule has 190 valence electrons. The number of benzene rings is 2. The van der Waals surface area contributed by atoms with E-state index in [1.807, 2.05) is 41.3 Å². The Bertz CT molecular complexity index is 1280. The van der Waals surface area contributed by atoms with Crippen LogP contribution in [0.25, 0.3) is 11.0 Å². The lowest BCUT2D eigenvalue weighted by Crippen LogP contribution is -2.49. The number of imidazole rings is 1. The maximum absolute atomic E-state index is 13.4. The Hall–Kier alpha value is -3.55. The fraction of sp³-hybridized carbons (Fsp3) is 0.464. The van der Waals surface area contributed by atoms with E-state index in [2.05, 4.69) is 17.1 Å². The van der Waals surface area contributed by atoms with Gasteiger partial charge < -0.3 is 19.5 Å². The van der Waals surface area contributed by atoms with Gasteiger partial charge in [0, 0.05) is 32.1 Å². The highest BCUT2D eigenvalue weighted by Gasteiger charge is 2.29. The van der Waals surface area contributed by atoms with Crippen LogP contribution < -0.4 is 10.4 Å². The van der Waals surface area contributed by atoms with Gasteiger partial charge in [0.1, 0.15) is 5.75 Å². The average Bonchev–Trinajstić information content (AvgIpc) is 3.22. The van der Waals surface area contributed by atoms with Gasteiger partial charge in [-0.3, -0.25) is 14.2 Å². The number of aromatic amines is 1. The van der Waals surface area contributed by atoms with Crippen molar-refractivity contribution in [3.63, 3.8) is 0 Å². The number of nitrogens with zero attached hydrogens (tertiary/aromatic N) is 3. The topological polar surface area (TPSA) is 87.6 Å². The lowest BCUT2D eigenvalue weighted by atomic mass is 9.95. The van der Waals surface area contributed by atoms with E-state index in [-0.39, 0.29) is 43.1 Å². The number of hydrogen-bond donors (Lipinski definition) is 1.